The lowest BCUT2D eigenvalue weighted by atomic mass is 10.5. The van der Waals surface area contributed by atoms with E-state index in [1.807, 2.05) is 0 Å². The van der Waals surface area contributed by atoms with E-state index in [0.717, 1.165) is 38.3 Å². The summed E-state index contributed by atoms with van der Waals surface area (Å²) in [4.78, 5) is 4.80. The average Bonchev–Trinajstić information content (AvgIpc) is 3.02. The lowest BCUT2D eigenvalue weighted by molar-refractivity contribution is -0.191. The first-order valence-electron chi connectivity index (χ1n) is 5.61. The maximum absolute atomic E-state index is 5.48. The van der Waals surface area contributed by atoms with Crippen molar-refractivity contribution >= 4 is 8.32 Å². The van der Waals surface area contributed by atoms with Gasteiger partial charge in [0, 0.05) is 6.61 Å². The molecule has 0 aliphatic carbocycles. The van der Waals surface area contributed by atoms with Crippen molar-refractivity contribution in [3.63, 3.8) is 0 Å². The van der Waals surface area contributed by atoms with Crippen LogP contribution < -0.4 is 0 Å². The Balaban J connectivity index is 1.99. The van der Waals surface area contributed by atoms with Crippen LogP contribution in [0.2, 0.25) is 18.6 Å². The molecule has 0 aromatic carbocycles. The molecule has 15 heavy (non-hydrogen) atoms. The van der Waals surface area contributed by atoms with Crippen LogP contribution in [0.1, 0.15) is 13.3 Å². The Hall–Kier alpha value is 0.0569. The summed E-state index contributed by atoms with van der Waals surface area (Å²) in [5.41, 5.74) is 0. The molecule has 0 radical (unpaired) electrons. The average molecular weight is 234 g/mol. The molecule has 4 nitrogen and oxygen atoms in total. The maximum atomic E-state index is 5.48. The lowest BCUT2D eigenvalue weighted by Crippen LogP contribution is -2.33. The Morgan fingerprint density at radius 2 is 2.20 bits per heavy atom. The number of hydrogen-bond donors (Lipinski definition) is 0. The predicted molar refractivity (Wildman–Crippen MR) is 60.2 cm³/mol. The van der Waals surface area contributed by atoms with E-state index < -0.39 is 8.32 Å². The van der Waals surface area contributed by atoms with Crippen LogP contribution in [0.4, 0.5) is 0 Å². The number of ether oxygens (including phenoxy) is 2. The van der Waals surface area contributed by atoms with Gasteiger partial charge in [-0.2, -0.15) is 0 Å². The van der Waals surface area contributed by atoms with Crippen LogP contribution >= 0.6 is 0 Å². The van der Waals surface area contributed by atoms with Gasteiger partial charge >= 0.3 is 0 Å². The molecular weight excluding hydrogens is 212 g/mol. The van der Waals surface area contributed by atoms with Gasteiger partial charge in [0.2, 0.25) is 8.32 Å². The zero-order valence-electron chi connectivity index (χ0n) is 9.95. The molecule has 1 aliphatic heterocycles. The summed E-state index contributed by atoms with van der Waals surface area (Å²) in [5, 5.41) is 0. The minimum atomic E-state index is -1.62. The molecule has 0 bridgehead atoms. The van der Waals surface area contributed by atoms with Gasteiger partial charge < -0.3 is 9.47 Å². The molecule has 0 saturated carbocycles. The highest BCUT2D eigenvalue weighted by Gasteiger charge is 2.28. The van der Waals surface area contributed by atoms with E-state index in [9.17, 15) is 0 Å². The summed E-state index contributed by atoms with van der Waals surface area (Å²) >= 11 is 0. The number of rotatable bonds is 9. The molecule has 2 atom stereocenters. The van der Waals surface area contributed by atoms with E-state index in [1.54, 1.807) is 7.11 Å². The van der Waals surface area contributed by atoms with E-state index >= 15 is 0 Å². The minimum Gasteiger partial charge on any atom is -0.379 e. The largest absolute Gasteiger partial charge is 0.379 e. The van der Waals surface area contributed by atoms with Gasteiger partial charge in [-0.1, -0.05) is 6.92 Å². The summed E-state index contributed by atoms with van der Waals surface area (Å²) in [5.74, 6) is 0. The zero-order chi connectivity index (χ0) is 11.1. The van der Waals surface area contributed by atoms with E-state index in [4.69, 9.17) is 18.9 Å². The highest BCUT2D eigenvalue weighted by Crippen LogP contribution is 2.19. The molecule has 1 heterocycles. The van der Waals surface area contributed by atoms with Crippen LogP contribution in [-0.4, -0.2) is 41.4 Å². The van der Waals surface area contributed by atoms with Gasteiger partial charge in [0.1, 0.15) is 6.10 Å². The second-order valence-corrected chi connectivity index (χ2v) is 8.46. The quantitative estimate of drug-likeness (QED) is 0.201. The summed E-state index contributed by atoms with van der Waals surface area (Å²) in [7, 11) is -0.0333. The molecule has 0 N–H and O–H groups in total. The summed E-state index contributed by atoms with van der Waals surface area (Å²) in [6.07, 6.45) is 1.42. The molecule has 0 aromatic rings. The van der Waals surface area contributed by atoms with Crippen molar-refractivity contribution in [3.05, 3.63) is 0 Å². The number of hydrogen-bond acceptors (Lipinski definition) is 4. The van der Waals surface area contributed by atoms with Gasteiger partial charge in [0.05, 0.1) is 20.3 Å². The topological polar surface area (TPSA) is 40.2 Å². The Morgan fingerprint density at radius 1 is 1.47 bits per heavy atom. The predicted octanol–water partition coefficient (Wildman–Crippen LogP) is 1.97. The molecule has 5 heteroatoms. The fourth-order valence-corrected chi connectivity index (χ4v) is 3.26. The molecular formula is C10H22O4Si. The first kappa shape index (κ1) is 13.1. The van der Waals surface area contributed by atoms with E-state index in [1.165, 1.54) is 0 Å². The van der Waals surface area contributed by atoms with Crippen molar-refractivity contribution < 1.29 is 18.9 Å². The van der Waals surface area contributed by atoms with Crippen molar-refractivity contribution in [2.24, 2.45) is 0 Å². The fraction of sp³-hybridized carbons (Fsp3) is 1.00. The first-order valence-corrected chi connectivity index (χ1v) is 8.43. The molecule has 90 valence electrons. The van der Waals surface area contributed by atoms with Gasteiger partial charge in [-0.25, -0.2) is 0 Å². The standard InChI is InChI=1S/C10H22O4Si/c1-4-15(3,14-11-2)7-5-6-12-8-10-9-13-10/h10H,4-9H2,1-3H3. The molecule has 1 fully saturated rings. The monoisotopic (exact) mass is 234 g/mol. The summed E-state index contributed by atoms with van der Waals surface area (Å²) < 4.78 is 15.9. The van der Waals surface area contributed by atoms with Crippen molar-refractivity contribution in [3.8, 4) is 0 Å². The molecule has 1 rings (SSSR count). The Kier molecular flexibility index (Phi) is 5.77. The first-order chi connectivity index (χ1) is 7.20. The zero-order valence-corrected chi connectivity index (χ0v) is 11.0. The minimum absolute atomic E-state index is 0.370. The van der Waals surface area contributed by atoms with E-state index in [0.29, 0.717) is 6.10 Å². The molecule has 1 saturated heterocycles. The normalized spacial score (nSPS) is 23.8. The van der Waals surface area contributed by atoms with Gasteiger partial charge in [0.15, 0.2) is 0 Å². The smallest absolute Gasteiger partial charge is 0.235 e. The van der Waals surface area contributed by atoms with Crippen LogP contribution in [0.5, 0.6) is 0 Å². The van der Waals surface area contributed by atoms with Crippen LogP contribution in [0.25, 0.3) is 0 Å². The maximum Gasteiger partial charge on any atom is 0.235 e. The van der Waals surface area contributed by atoms with Crippen molar-refractivity contribution in [1.82, 2.24) is 0 Å². The molecule has 2 unspecified atom stereocenters. The van der Waals surface area contributed by atoms with Crippen molar-refractivity contribution in [2.75, 3.05) is 26.9 Å². The Bertz CT molecular complexity index is 175. The highest BCUT2D eigenvalue weighted by molar-refractivity contribution is 6.72. The van der Waals surface area contributed by atoms with Gasteiger partial charge in [0.25, 0.3) is 0 Å². The second-order valence-electron chi connectivity index (χ2n) is 4.19. The lowest BCUT2D eigenvalue weighted by Gasteiger charge is -2.22. The van der Waals surface area contributed by atoms with E-state index in [2.05, 4.69) is 13.5 Å². The molecule has 0 spiro atoms. The SMILES string of the molecule is CC[Si](C)(CCCOCC1CO1)OOC. The third-order valence-corrected chi connectivity index (χ3v) is 6.21. The second kappa shape index (κ2) is 6.60. The Labute approximate surface area is 92.9 Å². The van der Waals surface area contributed by atoms with Crippen LogP contribution in [0.3, 0.4) is 0 Å². The molecule has 0 aromatic heterocycles. The van der Waals surface area contributed by atoms with Crippen molar-refractivity contribution in [1.29, 1.82) is 0 Å². The molecule has 0 amide bonds. The third-order valence-electron chi connectivity index (χ3n) is 2.73. The summed E-state index contributed by atoms with van der Waals surface area (Å²) in [6, 6.07) is 2.16. The van der Waals surface area contributed by atoms with E-state index in [-0.39, 0.29) is 0 Å². The Morgan fingerprint density at radius 3 is 2.73 bits per heavy atom. The summed E-state index contributed by atoms with van der Waals surface area (Å²) in [6.45, 7) is 6.77. The molecule has 1 aliphatic rings. The third kappa shape index (κ3) is 5.63. The van der Waals surface area contributed by atoms with Gasteiger partial charge in [-0.15, -0.1) is 0 Å². The van der Waals surface area contributed by atoms with Crippen LogP contribution in [0.15, 0.2) is 0 Å². The van der Waals surface area contributed by atoms with Crippen LogP contribution in [-0.2, 0) is 18.9 Å². The highest BCUT2D eigenvalue weighted by atomic mass is 28.4. The van der Waals surface area contributed by atoms with Gasteiger partial charge in [-0.05, 0) is 25.1 Å². The van der Waals surface area contributed by atoms with Gasteiger partial charge in [-0.3, -0.25) is 9.46 Å². The number of epoxide rings is 1. The fourth-order valence-electron chi connectivity index (χ4n) is 1.41. The van der Waals surface area contributed by atoms with Crippen LogP contribution in [0, 0.1) is 0 Å². The van der Waals surface area contributed by atoms with Crippen molar-refractivity contribution in [2.45, 2.75) is 38.1 Å².